The monoisotopic (exact) mass is 344 g/mol. The highest BCUT2D eigenvalue weighted by molar-refractivity contribution is 6.03. The van der Waals surface area contributed by atoms with Crippen molar-refractivity contribution in [3.8, 4) is 0 Å². The topological polar surface area (TPSA) is 119 Å². The lowest BCUT2D eigenvalue weighted by Crippen LogP contribution is -2.42. The molecule has 0 saturated heterocycles. The number of ether oxygens (including phenoxy) is 1. The SMILES string of the molecule is Cn1nc(C(=O)OCC(=O)NC(=O)NC2CC2)c2ccccc2c1=O. The summed E-state index contributed by atoms with van der Waals surface area (Å²) in [5.74, 6) is -1.61. The van der Waals surface area contributed by atoms with Crippen molar-refractivity contribution in [2.45, 2.75) is 18.9 Å². The first-order valence-electron chi connectivity index (χ1n) is 7.69. The van der Waals surface area contributed by atoms with Crippen LogP contribution in [0.3, 0.4) is 0 Å². The largest absolute Gasteiger partial charge is 0.451 e. The molecule has 25 heavy (non-hydrogen) atoms. The molecule has 3 rings (SSSR count). The van der Waals surface area contributed by atoms with Crippen LogP contribution in [0.5, 0.6) is 0 Å². The highest BCUT2D eigenvalue weighted by Crippen LogP contribution is 2.18. The zero-order valence-electron chi connectivity index (χ0n) is 13.4. The van der Waals surface area contributed by atoms with Gasteiger partial charge in [0.1, 0.15) is 0 Å². The Morgan fingerprint density at radius 2 is 1.92 bits per heavy atom. The molecule has 1 aliphatic rings. The molecular formula is C16H16N4O5. The van der Waals surface area contributed by atoms with E-state index in [9.17, 15) is 19.2 Å². The van der Waals surface area contributed by atoms with Gasteiger partial charge in [-0.05, 0) is 18.9 Å². The van der Waals surface area contributed by atoms with Gasteiger partial charge in [0, 0.05) is 18.5 Å². The third-order valence-corrected chi connectivity index (χ3v) is 3.65. The van der Waals surface area contributed by atoms with Gasteiger partial charge in [0.15, 0.2) is 12.3 Å². The van der Waals surface area contributed by atoms with E-state index >= 15 is 0 Å². The van der Waals surface area contributed by atoms with Gasteiger partial charge in [-0.25, -0.2) is 14.3 Å². The highest BCUT2D eigenvalue weighted by Gasteiger charge is 2.24. The molecule has 2 aromatic rings. The Morgan fingerprint density at radius 1 is 1.24 bits per heavy atom. The van der Waals surface area contributed by atoms with E-state index in [1.165, 1.54) is 7.05 Å². The normalized spacial score (nSPS) is 13.3. The zero-order valence-corrected chi connectivity index (χ0v) is 13.4. The Morgan fingerprint density at radius 3 is 2.60 bits per heavy atom. The minimum Gasteiger partial charge on any atom is -0.451 e. The molecule has 0 bridgehead atoms. The fourth-order valence-electron chi connectivity index (χ4n) is 2.26. The van der Waals surface area contributed by atoms with Gasteiger partial charge in [0.2, 0.25) is 0 Å². The molecule has 1 saturated carbocycles. The van der Waals surface area contributed by atoms with Crippen LogP contribution in [0.2, 0.25) is 0 Å². The summed E-state index contributed by atoms with van der Waals surface area (Å²) < 4.78 is 5.94. The number of amides is 3. The van der Waals surface area contributed by atoms with Crippen LogP contribution < -0.4 is 16.2 Å². The number of aryl methyl sites for hydroxylation is 1. The molecule has 0 radical (unpaired) electrons. The third kappa shape index (κ3) is 3.82. The number of carbonyl (C=O) groups excluding carboxylic acids is 3. The second-order valence-electron chi connectivity index (χ2n) is 5.69. The molecule has 130 valence electrons. The number of fused-ring (bicyclic) bond motifs is 1. The fraction of sp³-hybridized carbons (Fsp3) is 0.312. The van der Waals surface area contributed by atoms with Crippen molar-refractivity contribution >= 4 is 28.7 Å². The van der Waals surface area contributed by atoms with Gasteiger partial charge in [-0.1, -0.05) is 18.2 Å². The number of nitrogens with one attached hydrogen (secondary N) is 2. The highest BCUT2D eigenvalue weighted by atomic mass is 16.5. The average molecular weight is 344 g/mol. The number of nitrogens with zero attached hydrogens (tertiary/aromatic N) is 2. The molecule has 0 spiro atoms. The van der Waals surface area contributed by atoms with E-state index in [1.54, 1.807) is 24.3 Å². The van der Waals surface area contributed by atoms with Crippen LogP contribution in [0.25, 0.3) is 10.8 Å². The number of benzene rings is 1. The molecule has 1 aromatic carbocycles. The summed E-state index contributed by atoms with van der Waals surface area (Å²) in [6, 6.07) is 5.97. The number of esters is 1. The number of hydrogen-bond acceptors (Lipinski definition) is 6. The van der Waals surface area contributed by atoms with Crippen LogP contribution in [-0.4, -0.2) is 40.3 Å². The summed E-state index contributed by atoms with van der Waals surface area (Å²) in [6.07, 6.45) is 1.78. The third-order valence-electron chi connectivity index (χ3n) is 3.65. The lowest BCUT2D eigenvalue weighted by molar-refractivity contribution is -0.123. The van der Waals surface area contributed by atoms with Gasteiger partial charge < -0.3 is 10.1 Å². The molecule has 9 nitrogen and oxygen atoms in total. The van der Waals surface area contributed by atoms with E-state index in [4.69, 9.17) is 4.74 Å². The predicted molar refractivity (Wildman–Crippen MR) is 87.0 cm³/mol. The number of carbonyl (C=O) groups is 3. The van der Waals surface area contributed by atoms with E-state index in [0.717, 1.165) is 17.5 Å². The van der Waals surface area contributed by atoms with Crippen LogP contribution in [0.15, 0.2) is 29.1 Å². The molecule has 1 aliphatic carbocycles. The van der Waals surface area contributed by atoms with Crippen molar-refractivity contribution in [3.63, 3.8) is 0 Å². The molecule has 3 amide bonds. The Balaban J connectivity index is 1.68. The number of urea groups is 1. The second kappa shape index (κ2) is 6.71. The second-order valence-corrected chi connectivity index (χ2v) is 5.69. The summed E-state index contributed by atoms with van der Waals surface area (Å²) in [5, 5.41) is 9.22. The molecule has 1 aromatic heterocycles. The van der Waals surface area contributed by atoms with Crippen LogP contribution in [0.1, 0.15) is 23.3 Å². The molecule has 0 unspecified atom stereocenters. The van der Waals surface area contributed by atoms with Crippen molar-refractivity contribution in [1.29, 1.82) is 0 Å². The maximum Gasteiger partial charge on any atom is 0.359 e. The van der Waals surface area contributed by atoms with Gasteiger partial charge in [0.05, 0.1) is 5.39 Å². The summed E-state index contributed by atoms with van der Waals surface area (Å²) in [4.78, 5) is 47.3. The first kappa shape index (κ1) is 16.6. The van der Waals surface area contributed by atoms with Crippen molar-refractivity contribution < 1.29 is 19.1 Å². The lowest BCUT2D eigenvalue weighted by atomic mass is 10.1. The van der Waals surface area contributed by atoms with Gasteiger partial charge in [0.25, 0.3) is 11.5 Å². The average Bonchev–Trinajstić information content (AvgIpc) is 3.39. The van der Waals surface area contributed by atoms with Crippen molar-refractivity contribution in [1.82, 2.24) is 20.4 Å². The molecular weight excluding hydrogens is 328 g/mol. The number of aromatic nitrogens is 2. The standard InChI is InChI=1S/C16H16N4O5/c1-20-14(22)11-5-3-2-4-10(11)13(19-20)15(23)25-8-12(21)18-16(24)17-9-6-7-9/h2-5,9H,6-8H2,1H3,(H2,17,18,21,24). The van der Waals surface area contributed by atoms with Crippen LogP contribution in [0, 0.1) is 0 Å². The maximum absolute atomic E-state index is 12.2. The Hall–Kier alpha value is -3.23. The Kier molecular flexibility index (Phi) is 4.46. The quantitative estimate of drug-likeness (QED) is 0.758. The fourth-order valence-corrected chi connectivity index (χ4v) is 2.26. The molecule has 2 N–H and O–H groups in total. The zero-order chi connectivity index (χ0) is 18.0. The van der Waals surface area contributed by atoms with E-state index in [-0.39, 0.29) is 17.3 Å². The minimum absolute atomic E-state index is 0.0760. The van der Waals surface area contributed by atoms with E-state index in [1.807, 2.05) is 0 Å². The first-order valence-corrected chi connectivity index (χ1v) is 7.69. The van der Waals surface area contributed by atoms with Crippen LogP contribution in [0.4, 0.5) is 4.79 Å². The van der Waals surface area contributed by atoms with Gasteiger partial charge >= 0.3 is 12.0 Å². The summed E-state index contributed by atoms with van der Waals surface area (Å²) in [5.41, 5.74) is -0.422. The lowest BCUT2D eigenvalue weighted by Gasteiger charge is -2.09. The van der Waals surface area contributed by atoms with Gasteiger partial charge in [-0.3, -0.25) is 14.9 Å². The molecule has 9 heteroatoms. The van der Waals surface area contributed by atoms with E-state index in [0.29, 0.717) is 10.8 Å². The van der Waals surface area contributed by atoms with Crippen LogP contribution in [-0.2, 0) is 16.6 Å². The van der Waals surface area contributed by atoms with Crippen molar-refractivity contribution in [2.24, 2.45) is 7.05 Å². The van der Waals surface area contributed by atoms with E-state index < -0.39 is 24.5 Å². The van der Waals surface area contributed by atoms with Crippen molar-refractivity contribution in [2.75, 3.05) is 6.61 Å². The molecule has 1 fully saturated rings. The number of rotatable bonds is 4. The maximum atomic E-state index is 12.2. The number of imide groups is 1. The van der Waals surface area contributed by atoms with Gasteiger partial charge in [-0.15, -0.1) is 0 Å². The van der Waals surface area contributed by atoms with Crippen LogP contribution >= 0.6 is 0 Å². The minimum atomic E-state index is -0.857. The van der Waals surface area contributed by atoms with Crippen molar-refractivity contribution in [3.05, 3.63) is 40.3 Å². The summed E-state index contributed by atoms with van der Waals surface area (Å²) >= 11 is 0. The Bertz CT molecular complexity index is 916. The molecule has 0 aliphatic heterocycles. The summed E-state index contributed by atoms with van der Waals surface area (Å²) in [6.45, 7) is -0.629. The van der Waals surface area contributed by atoms with Gasteiger partial charge in [-0.2, -0.15) is 5.10 Å². The predicted octanol–water partition coefficient (Wildman–Crippen LogP) is 0.0785. The molecule has 1 heterocycles. The summed E-state index contributed by atoms with van der Waals surface area (Å²) in [7, 11) is 1.42. The smallest absolute Gasteiger partial charge is 0.359 e. The number of hydrogen-bond donors (Lipinski definition) is 2. The Labute approximate surface area is 142 Å². The first-order chi connectivity index (χ1) is 12.0. The van der Waals surface area contributed by atoms with E-state index in [2.05, 4.69) is 15.7 Å². The molecule has 0 atom stereocenters.